The summed E-state index contributed by atoms with van der Waals surface area (Å²) < 4.78 is 16.8. The van der Waals surface area contributed by atoms with Gasteiger partial charge >= 0.3 is 17.9 Å². The van der Waals surface area contributed by atoms with Gasteiger partial charge in [0.25, 0.3) is 0 Å². The van der Waals surface area contributed by atoms with Crippen molar-refractivity contribution in [3.8, 4) is 0 Å². The van der Waals surface area contributed by atoms with Crippen LogP contribution >= 0.6 is 0 Å². The monoisotopic (exact) mass is 881 g/mol. The first-order chi connectivity index (χ1) is 31.0. The summed E-state index contributed by atoms with van der Waals surface area (Å²) in [5.74, 6) is -0.907. The first-order valence-electron chi connectivity index (χ1n) is 26.8. The Balaban J connectivity index is 4.41. The third-order valence-corrected chi connectivity index (χ3v) is 11.5. The molecule has 0 saturated carbocycles. The highest BCUT2D eigenvalue weighted by Gasteiger charge is 2.19. The highest BCUT2D eigenvalue weighted by Crippen LogP contribution is 2.15. The number of unbranched alkanes of at least 4 members (excludes halogenated alkanes) is 27. The van der Waals surface area contributed by atoms with Gasteiger partial charge in [0, 0.05) is 19.3 Å². The number of carbonyl (C=O) groups is 3. The van der Waals surface area contributed by atoms with Gasteiger partial charge in [-0.15, -0.1) is 0 Å². The van der Waals surface area contributed by atoms with Gasteiger partial charge in [-0.25, -0.2) is 0 Å². The zero-order chi connectivity index (χ0) is 45.8. The molecule has 0 heterocycles. The zero-order valence-corrected chi connectivity index (χ0v) is 41.6. The molecule has 0 aromatic carbocycles. The van der Waals surface area contributed by atoms with Crippen LogP contribution in [0.25, 0.3) is 0 Å². The van der Waals surface area contributed by atoms with E-state index in [2.05, 4.69) is 81.5 Å². The lowest BCUT2D eigenvalue weighted by atomic mass is 10.0. The van der Waals surface area contributed by atoms with Gasteiger partial charge < -0.3 is 14.2 Å². The van der Waals surface area contributed by atoms with Crippen LogP contribution in [0, 0.1) is 0 Å². The molecule has 63 heavy (non-hydrogen) atoms. The van der Waals surface area contributed by atoms with Crippen LogP contribution in [0.4, 0.5) is 0 Å². The minimum Gasteiger partial charge on any atom is -0.462 e. The Morgan fingerprint density at radius 2 is 0.619 bits per heavy atom. The maximum Gasteiger partial charge on any atom is 0.306 e. The molecule has 364 valence electrons. The van der Waals surface area contributed by atoms with Crippen molar-refractivity contribution in [3.05, 3.63) is 60.8 Å². The van der Waals surface area contributed by atoms with Crippen LogP contribution in [0.15, 0.2) is 60.8 Å². The number of allylic oxidation sites excluding steroid dienone is 10. The van der Waals surface area contributed by atoms with E-state index in [1.165, 1.54) is 103 Å². The van der Waals surface area contributed by atoms with E-state index < -0.39 is 6.10 Å². The standard InChI is InChI=1S/C57H100O6/c1-4-7-10-13-16-19-22-25-28-31-34-37-40-43-46-49-55(58)61-52-54(63-57(60)51-48-45-42-39-36-33-30-27-24-21-18-15-12-9-6-3)53-62-56(59)50-47-44-41-38-35-32-29-26-23-20-17-14-11-8-5-2/h7,10,16,18-19,21,25,27-28,30,54H,4-6,8-9,11-15,17,20,22-24,26,29,31-53H2,1-3H3. The molecule has 0 rings (SSSR count). The average molecular weight is 881 g/mol. The maximum absolute atomic E-state index is 12.8. The van der Waals surface area contributed by atoms with E-state index in [1.54, 1.807) is 0 Å². The first kappa shape index (κ1) is 60.1. The Hall–Kier alpha value is -2.89. The van der Waals surface area contributed by atoms with Crippen molar-refractivity contribution in [1.29, 1.82) is 0 Å². The van der Waals surface area contributed by atoms with Gasteiger partial charge in [-0.2, -0.15) is 0 Å². The maximum atomic E-state index is 12.8. The van der Waals surface area contributed by atoms with Crippen molar-refractivity contribution in [2.45, 2.75) is 271 Å². The largest absolute Gasteiger partial charge is 0.462 e. The molecular weight excluding hydrogens is 781 g/mol. The predicted octanol–water partition coefficient (Wildman–Crippen LogP) is 17.6. The lowest BCUT2D eigenvalue weighted by Crippen LogP contribution is -2.30. The molecule has 6 nitrogen and oxygen atoms in total. The molecule has 0 aliphatic rings. The highest BCUT2D eigenvalue weighted by molar-refractivity contribution is 5.71. The summed E-state index contributed by atoms with van der Waals surface area (Å²) in [6.07, 6.45) is 63.4. The Morgan fingerprint density at radius 3 is 1.00 bits per heavy atom. The van der Waals surface area contributed by atoms with Gasteiger partial charge in [-0.05, 0) is 83.5 Å². The lowest BCUT2D eigenvalue weighted by Gasteiger charge is -2.18. The number of hydrogen-bond acceptors (Lipinski definition) is 6. The average Bonchev–Trinajstić information content (AvgIpc) is 3.28. The van der Waals surface area contributed by atoms with Crippen LogP contribution in [-0.2, 0) is 28.6 Å². The van der Waals surface area contributed by atoms with Crippen LogP contribution in [0.1, 0.15) is 265 Å². The van der Waals surface area contributed by atoms with Crippen molar-refractivity contribution >= 4 is 17.9 Å². The molecule has 0 saturated heterocycles. The molecule has 0 aromatic rings. The molecule has 1 unspecified atom stereocenters. The fourth-order valence-electron chi connectivity index (χ4n) is 7.49. The third-order valence-electron chi connectivity index (χ3n) is 11.5. The van der Waals surface area contributed by atoms with E-state index in [0.717, 1.165) is 122 Å². The van der Waals surface area contributed by atoms with Gasteiger partial charge in [0.15, 0.2) is 6.10 Å². The number of carbonyl (C=O) groups excluding carboxylic acids is 3. The molecule has 0 N–H and O–H groups in total. The normalized spacial score (nSPS) is 12.5. The molecule has 0 amide bonds. The van der Waals surface area contributed by atoms with Crippen LogP contribution in [0.5, 0.6) is 0 Å². The number of hydrogen-bond donors (Lipinski definition) is 0. The van der Waals surface area contributed by atoms with E-state index in [-0.39, 0.29) is 31.1 Å². The van der Waals surface area contributed by atoms with Gasteiger partial charge in [-0.1, -0.05) is 223 Å². The molecular formula is C57H100O6. The lowest BCUT2D eigenvalue weighted by molar-refractivity contribution is -0.167. The van der Waals surface area contributed by atoms with Crippen LogP contribution in [0.2, 0.25) is 0 Å². The van der Waals surface area contributed by atoms with E-state index in [4.69, 9.17) is 14.2 Å². The number of esters is 3. The molecule has 0 fully saturated rings. The molecule has 0 bridgehead atoms. The molecule has 0 aromatic heterocycles. The minimum atomic E-state index is -0.786. The minimum absolute atomic E-state index is 0.0835. The summed E-state index contributed by atoms with van der Waals surface area (Å²) in [6.45, 7) is 6.49. The van der Waals surface area contributed by atoms with E-state index >= 15 is 0 Å². The van der Waals surface area contributed by atoms with Crippen LogP contribution in [0.3, 0.4) is 0 Å². The fourth-order valence-corrected chi connectivity index (χ4v) is 7.49. The number of ether oxygens (including phenoxy) is 3. The molecule has 0 spiro atoms. The van der Waals surface area contributed by atoms with Crippen LogP contribution in [-0.4, -0.2) is 37.2 Å². The number of rotatable bonds is 48. The Labute approximate surface area is 390 Å². The topological polar surface area (TPSA) is 78.9 Å². The third kappa shape index (κ3) is 50.0. The van der Waals surface area contributed by atoms with Gasteiger partial charge in [0.2, 0.25) is 0 Å². The Kier molecular flexibility index (Phi) is 49.4. The SMILES string of the molecule is CCC=CCC=CCC=CCCCCCCCC(=O)OCC(COC(=O)CCCCCCCCCCCCCCCCC)OC(=O)CCCCCCCC=CCC=CCCCCC. The van der Waals surface area contributed by atoms with Gasteiger partial charge in [0.1, 0.15) is 13.2 Å². The highest BCUT2D eigenvalue weighted by atomic mass is 16.6. The van der Waals surface area contributed by atoms with Crippen molar-refractivity contribution < 1.29 is 28.6 Å². The van der Waals surface area contributed by atoms with E-state index in [9.17, 15) is 14.4 Å². The van der Waals surface area contributed by atoms with Gasteiger partial charge in [0.05, 0.1) is 0 Å². The predicted molar refractivity (Wildman–Crippen MR) is 270 cm³/mol. The molecule has 0 aliphatic heterocycles. The van der Waals surface area contributed by atoms with Crippen molar-refractivity contribution in [2.24, 2.45) is 0 Å². The second-order valence-electron chi connectivity index (χ2n) is 17.8. The van der Waals surface area contributed by atoms with E-state index in [1.807, 2.05) is 0 Å². The van der Waals surface area contributed by atoms with Gasteiger partial charge in [-0.3, -0.25) is 14.4 Å². The van der Waals surface area contributed by atoms with Crippen molar-refractivity contribution in [3.63, 3.8) is 0 Å². The Bertz CT molecular complexity index is 1150. The summed E-state index contributed by atoms with van der Waals surface area (Å²) in [7, 11) is 0. The second-order valence-corrected chi connectivity index (χ2v) is 17.8. The summed E-state index contributed by atoms with van der Waals surface area (Å²) in [4.78, 5) is 38.0. The summed E-state index contributed by atoms with van der Waals surface area (Å²) >= 11 is 0. The molecule has 0 radical (unpaired) electrons. The first-order valence-corrected chi connectivity index (χ1v) is 26.8. The summed E-state index contributed by atoms with van der Waals surface area (Å²) in [5.41, 5.74) is 0. The molecule has 0 aliphatic carbocycles. The zero-order valence-electron chi connectivity index (χ0n) is 41.6. The second kappa shape index (κ2) is 51.7. The van der Waals surface area contributed by atoms with Crippen molar-refractivity contribution in [2.75, 3.05) is 13.2 Å². The van der Waals surface area contributed by atoms with E-state index in [0.29, 0.717) is 19.3 Å². The fraction of sp³-hybridized carbons (Fsp3) is 0.772. The summed E-state index contributed by atoms with van der Waals surface area (Å²) in [5, 5.41) is 0. The molecule has 1 atom stereocenters. The summed E-state index contributed by atoms with van der Waals surface area (Å²) in [6, 6.07) is 0. The van der Waals surface area contributed by atoms with Crippen LogP contribution < -0.4 is 0 Å². The quantitative estimate of drug-likeness (QED) is 0.0262. The molecule has 6 heteroatoms. The Morgan fingerprint density at radius 1 is 0.333 bits per heavy atom. The van der Waals surface area contributed by atoms with Crippen molar-refractivity contribution in [1.82, 2.24) is 0 Å². The smallest absolute Gasteiger partial charge is 0.306 e.